The molecule has 0 saturated carbocycles. The van der Waals surface area contributed by atoms with Gasteiger partial charge < -0.3 is 15.5 Å². The van der Waals surface area contributed by atoms with E-state index in [9.17, 15) is 0 Å². The van der Waals surface area contributed by atoms with Crippen molar-refractivity contribution in [2.45, 2.75) is 19.9 Å². The van der Waals surface area contributed by atoms with E-state index in [2.05, 4.69) is 74.3 Å². The number of anilines is 1. The smallest absolute Gasteiger partial charge is 0.171 e. The Balaban J connectivity index is 1.95. The summed E-state index contributed by atoms with van der Waals surface area (Å²) in [5.74, 6) is 0. The van der Waals surface area contributed by atoms with Crippen LogP contribution in [0.3, 0.4) is 0 Å². The Morgan fingerprint density at radius 1 is 1.27 bits per heavy atom. The summed E-state index contributed by atoms with van der Waals surface area (Å²) in [7, 11) is 4.35. The van der Waals surface area contributed by atoms with Gasteiger partial charge in [-0.3, -0.25) is 0 Å². The van der Waals surface area contributed by atoms with Crippen LogP contribution < -0.4 is 15.5 Å². The van der Waals surface area contributed by atoms with E-state index in [1.807, 2.05) is 0 Å². The van der Waals surface area contributed by atoms with Gasteiger partial charge in [-0.2, -0.15) is 0 Å². The first-order valence-corrected chi connectivity index (χ1v) is 8.71. The molecule has 0 aliphatic carbocycles. The Hall–Kier alpha value is -1.43. The Morgan fingerprint density at radius 3 is 2.68 bits per heavy atom. The van der Waals surface area contributed by atoms with Gasteiger partial charge >= 0.3 is 0 Å². The Labute approximate surface area is 142 Å². The van der Waals surface area contributed by atoms with Crippen molar-refractivity contribution in [2.75, 3.05) is 26.0 Å². The molecule has 0 aliphatic rings. The second-order valence-electron chi connectivity index (χ2n) is 5.80. The molecule has 0 spiro atoms. The first-order chi connectivity index (χ1) is 10.5. The maximum absolute atomic E-state index is 5.45. The molecule has 0 unspecified atom stereocenters. The molecule has 22 heavy (non-hydrogen) atoms. The number of aryl methyl sites for hydroxylation is 2. The third kappa shape index (κ3) is 4.53. The Bertz CT molecular complexity index is 621. The number of quaternary nitrogens is 1. The molecule has 0 aliphatic heterocycles. The molecule has 1 heterocycles. The lowest BCUT2D eigenvalue weighted by Crippen LogP contribution is -3.06. The van der Waals surface area contributed by atoms with Crippen molar-refractivity contribution in [2.24, 2.45) is 0 Å². The van der Waals surface area contributed by atoms with Gasteiger partial charge in [-0.05, 0) is 54.7 Å². The molecule has 1 aromatic carbocycles. The SMILES string of the molecule is Cc1ccc(C)c(NC(=S)NC[C@@H](c2cccs2)[NH+](C)C)c1. The molecule has 3 nitrogen and oxygen atoms in total. The van der Waals surface area contributed by atoms with E-state index in [1.165, 1.54) is 20.9 Å². The molecule has 0 radical (unpaired) electrons. The van der Waals surface area contributed by atoms with Crippen LogP contribution in [-0.4, -0.2) is 25.8 Å². The highest BCUT2D eigenvalue weighted by atomic mass is 32.1. The fourth-order valence-electron chi connectivity index (χ4n) is 2.31. The topological polar surface area (TPSA) is 28.5 Å². The highest BCUT2D eigenvalue weighted by Gasteiger charge is 2.18. The van der Waals surface area contributed by atoms with Gasteiger partial charge in [0.05, 0.1) is 25.5 Å². The minimum absolute atomic E-state index is 0.401. The first-order valence-electron chi connectivity index (χ1n) is 7.43. The standard InChI is InChI=1S/C17H23N3S2/c1-12-7-8-13(2)14(10-12)19-17(21)18-11-15(20(3)4)16-6-5-9-22-16/h5-10,15H,11H2,1-4H3,(H2,18,19,21)/p+1/t15-/m0/s1. The third-order valence-corrected chi connectivity index (χ3v) is 4.92. The molecule has 118 valence electrons. The predicted molar refractivity (Wildman–Crippen MR) is 100 cm³/mol. The zero-order chi connectivity index (χ0) is 16.1. The van der Waals surface area contributed by atoms with E-state index >= 15 is 0 Å². The van der Waals surface area contributed by atoms with Gasteiger partial charge in [-0.25, -0.2) is 0 Å². The van der Waals surface area contributed by atoms with Crippen molar-refractivity contribution in [3.8, 4) is 0 Å². The van der Waals surface area contributed by atoms with Crippen LogP contribution in [0.4, 0.5) is 5.69 Å². The summed E-state index contributed by atoms with van der Waals surface area (Å²) in [5, 5.41) is 9.46. The minimum atomic E-state index is 0.401. The fraction of sp³-hybridized carbons (Fsp3) is 0.353. The molecule has 1 aromatic heterocycles. The van der Waals surface area contributed by atoms with Crippen molar-refractivity contribution in [3.63, 3.8) is 0 Å². The number of thiocarbonyl (C=S) groups is 1. The van der Waals surface area contributed by atoms with Crippen LogP contribution in [-0.2, 0) is 0 Å². The summed E-state index contributed by atoms with van der Waals surface area (Å²) in [4.78, 5) is 2.77. The van der Waals surface area contributed by atoms with Crippen molar-refractivity contribution >= 4 is 34.4 Å². The van der Waals surface area contributed by atoms with Gasteiger partial charge in [0.2, 0.25) is 0 Å². The maximum Gasteiger partial charge on any atom is 0.171 e. The fourth-order valence-corrected chi connectivity index (χ4v) is 3.46. The second kappa shape index (κ2) is 7.72. The van der Waals surface area contributed by atoms with Crippen LogP contribution in [0, 0.1) is 13.8 Å². The van der Waals surface area contributed by atoms with Gasteiger partial charge in [-0.15, -0.1) is 11.3 Å². The Morgan fingerprint density at radius 2 is 2.05 bits per heavy atom. The lowest BCUT2D eigenvalue weighted by molar-refractivity contribution is -0.890. The summed E-state index contributed by atoms with van der Waals surface area (Å²) in [6.45, 7) is 4.99. The van der Waals surface area contributed by atoms with Crippen LogP contribution >= 0.6 is 23.6 Å². The number of likely N-dealkylation sites (N-methyl/N-ethyl adjacent to an activating group) is 1. The van der Waals surface area contributed by atoms with Crippen molar-refractivity contribution in [1.29, 1.82) is 0 Å². The number of rotatable bonds is 5. The summed E-state index contributed by atoms with van der Waals surface area (Å²) >= 11 is 7.24. The number of nitrogens with one attached hydrogen (secondary N) is 3. The summed E-state index contributed by atoms with van der Waals surface area (Å²) < 4.78 is 0. The number of thiophene rings is 1. The molecule has 2 aromatic rings. The van der Waals surface area contributed by atoms with Gasteiger partial charge in [0, 0.05) is 5.69 Å². The van der Waals surface area contributed by atoms with Crippen molar-refractivity contribution < 1.29 is 4.90 Å². The number of hydrogen-bond donors (Lipinski definition) is 3. The minimum Gasteiger partial charge on any atom is -0.356 e. The summed E-state index contributed by atoms with van der Waals surface area (Å²) in [5.41, 5.74) is 3.50. The molecule has 0 saturated heterocycles. The molecule has 3 N–H and O–H groups in total. The van der Waals surface area contributed by atoms with Crippen molar-refractivity contribution in [3.05, 3.63) is 51.7 Å². The van der Waals surface area contributed by atoms with Crippen LogP contribution in [0.1, 0.15) is 22.0 Å². The average Bonchev–Trinajstić information content (AvgIpc) is 2.96. The van der Waals surface area contributed by atoms with Gasteiger partial charge in [0.15, 0.2) is 5.11 Å². The highest BCUT2D eigenvalue weighted by molar-refractivity contribution is 7.80. The molecule has 0 fully saturated rings. The zero-order valence-electron chi connectivity index (χ0n) is 13.6. The van der Waals surface area contributed by atoms with Gasteiger partial charge in [0.1, 0.15) is 6.04 Å². The molecular formula is C17H24N3S2+. The van der Waals surface area contributed by atoms with E-state index < -0.39 is 0 Å². The van der Waals surface area contributed by atoms with E-state index in [-0.39, 0.29) is 0 Å². The van der Waals surface area contributed by atoms with E-state index in [4.69, 9.17) is 12.2 Å². The summed E-state index contributed by atoms with van der Waals surface area (Å²) in [6.07, 6.45) is 0. The monoisotopic (exact) mass is 334 g/mol. The van der Waals surface area contributed by atoms with Crippen LogP contribution in [0.25, 0.3) is 0 Å². The molecule has 0 bridgehead atoms. The largest absolute Gasteiger partial charge is 0.356 e. The lowest BCUT2D eigenvalue weighted by atomic mass is 10.1. The average molecular weight is 335 g/mol. The van der Waals surface area contributed by atoms with Crippen LogP contribution in [0.15, 0.2) is 35.7 Å². The predicted octanol–water partition coefficient (Wildman–Crippen LogP) is 2.54. The van der Waals surface area contributed by atoms with Crippen LogP contribution in [0.2, 0.25) is 0 Å². The summed E-state index contributed by atoms with van der Waals surface area (Å²) in [6, 6.07) is 11.0. The highest BCUT2D eigenvalue weighted by Crippen LogP contribution is 2.17. The maximum atomic E-state index is 5.45. The first kappa shape index (κ1) is 16.9. The molecule has 2 rings (SSSR count). The molecular weight excluding hydrogens is 310 g/mol. The normalized spacial score (nSPS) is 12.2. The number of benzene rings is 1. The van der Waals surface area contributed by atoms with Gasteiger partial charge in [-0.1, -0.05) is 18.2 Å². The van der Waals surface area contributed by atoms with E-state index in [0.29, 0.717) is 11.2 Å². The number of hydrogen-bond acceptors (Lipinski definition) is 2. The molecule has 5 heteroatoms. The molecule has 0 amide bonds. The second-order valence-corrected chi connectivity index (χ2v) is 7.19. The van der Waals surface area contributed by atoms with Gasteiger partial charge in [0.25, 0.3) is 0 Å². The lowest BCUT2D eigenvalue weighted by Gasteiger charge is -2.22. The Kier molecular flexibility index (Phi) is 5.94. The zero-order valence-corrected chi connectivity index (χ0v) is 15.2. The van der Waals surface area contributed by atoms with Crippen molar-refractivity contribution in [1.82, 2.24) is 5.32 Å². The quantitative estimate of drug-likeness (QED) is 0.734. The van der Waals surface area contributed by atoms with E-state index in [0.717, 1.165) is 12.2 Å². The van der Waals surface area contributed by atoms with E-state index in [1.54, 1.807) is 11.3 Å². The molecule has 1 atom stereocenters. The third-order valence-electron chi connectivity index (χ3n) is 3.69. The van der Waals surface area contributed by atoms with Crippen LogP contribution in [0.5, 0.6) is 0 Å².